The molecule has 1 aliphatic heterocycles. The second-order valence-electron chi connectivity index (χ2n) is 4.71. The Kier molecular flexibility index (Phi) is 3.59. The van der Waals surface area contributed by atoms with Gasteiger partial charge in [0.1, 0.15) is 0 Å². The molecule has 2 aromatic rings. The van der Waals surface area contributed by atoms with Crippen molar-refractivity contribution in [3.8, 4) is 0 Å². The summed E-state index contributed by atoms with van der Waals surface area (Å²) in [6, 6.07) is 14.9. The Hall–Kier alpha value is -2.39. The first-order valence-electron chi connectivity index (χ1n) is 6.47. The minimum atomic E-state index is -0.451. The van der Waals surface area contributed by atoms with E-state index in [0.29, 0.717) is 10.9 Å². The Bertz CT molecular complexity index is 778. The van der Waals surface area contributed by atoms with Crippen molar-refractivity contribution in [3.63, 3.8) is 0 Å². The zero-order valence-corrected chi connectivity index (χ0v) is 12.1. The molecule has 0 bridgehead atoms. The van der Waals surface area contributed by atoms with Gasteiger partial charge in [-0.05, 0) is 42.3 Å². The number of halogens is 1. The zero-order chi connectivity index (χ0) is 14.8. The van der Waals surface area contributed by atoms with Gasteiger partial charge < -0.3 is 4.74 Å². The van der Waals surface area contributed by atoms with Gasteiger partial charge in [-0.3, -0.25) is 0 Å². The van der Waals surface area contributed by atoms with E-state index in [4.69, 9.17) is 16.3 Å². The number of benzene rings is 2. The van der Waals surface area contributed by atoms with Gasteiger partial charge in [0.2, 0.25) is 5.90 Å². The quantitative estimate of drug-likeness (QED) is 0.621. The lowest BCUT2D eigenvalue weighted by Crippen LogP contribution is -2.06. The molecule has 0 saturated carbocycles. The number of carbonyl (C=O) groups excluding carboxylic acids is 1. The molecule has 0 atom stereocenters. The largest absolute Gasteiger partial charge is 0.402 e. The van der Waals surface area contributed by atoms with E-state index in [1.54, 1.807) is 18.2 Å². The Balaban J connectivity index is 1.98. The summed E-state index contributed by atoms with van der Waals surface area (Å²) in [4.78, 5) is 16.2. The highest BCUT2D eigenvalue weighted by molar-refractivity contribution is 6.30. The van der Waals surface area contributed by atoms with Crippen LogP contribution in [0.2, 0.25) is 5.02 Å². The van der Waals surface area contributed by atoms with E-state index < -0.39 is 5.97 Å². The highest BCUT2D eigenvalue weighted by Crippen LogP contribution is 2.21. The summed E-state index contributed by atoms with van der Waals surface area (Å²) in [6.45, 7) is 1.95. The van der Waals surface area contributed by atoms with Gasteiger partial charge in [-0.1, -0.05) is 41.9 Å². The number of hydrogen-bond donors (Lipinski definition) is 0. The maximum Gasteiger partial charge on any atom is 0.363 e. The van der Waals surface area contributed by atoms with Crippen LogP contribution in [0.15, 0.2) is 59.2 Å². The highest BCUT2D eigenvalue weighted by atomic mass is 35.5. The monoisotopic (exact) mass is 297 g/mol. The van der Waals surface area contributed by atoms with Crippen LogP contribution < -0.4 is 0 Å². The molecule has 0 N–H and O–H groups in total. The normalized spacial score (nSPS) is 16.0. The molecular formula is C17H12ClNO2. The molecule has 0 saturated heterocycles. The summed E-state index contributed by atoms with van der Waals surface area (Å²) in [6.07, 6.45) is 1.67. The van der Waals surface area contributed by atoms with Gasteiger partial charge >= 0.3 is 5.97 Å². The molecule has 0 amide bonds. The second-order valence-corrected chi connectivity index (χ2v) is 5.14. The number of nitrogens with zero attached hydrogens (tertiary/aromatic N) is 1. The van der Waals surface area contributed by atoms with Crippen LogP contribution in [0.1, 0.15) is 16.7 Å². The van der Waals surface area contributed by atoms with E-state index in [0.717, 1.165) is 16.7 Å². The van der Waals surface area contributed by atoms with Crippen LogP contribution in [0.5, 0.6) is 0 Å². The van der Waals surface area contributed by atoms with Crippen LogP contribution >= 0.6 is 11.6 Å². The van der Waals surface area contributed by atoms with Crippen molar-refractivity contribution >= 4 is 29.5 Å². The molecule has 2 aromatic carbocycles. The van der Waals surface area contributed by atoms with E-state index in [9.17, 15) is 4.79 Å². The van der Waals surface area contributed by atoms with E-state index >= 15 is 0 Å². The van der Waals surface area contributed by atoms with Crippen molar-refractivity contribution in [2.24, 2.45) is 4.99 Å². The molecule has 0 unspecified atom stereocenters. The SMILES string of the molecule is Cc1ccccc1C1=N/C(=C/c2cccc(Cl)c2)C(=O)O1. The average Bonchev–Trinajstić information content (AvgIpc) is 2.80. The van der Waals surface area contributed by atoms with Gasteiger partial charge in [-0.2, -0.15) is 0 Å². The molecule has 3 rings (SSSR count). The maximum absolute atomic E-state index is 11.9. The lowest BCUT2D eigenvalue weighted by atomic mass is 10.1. The summed E-state index contributed by atoms with van der Waals surface area (Å²) >= 11 is 5.93. The summed E-state index contributed by atoms with van der Waals surface area (Å²) < 4.78 is 5.25. The number of carbonyl (C=O) groups is 1. The molecule has 0 fully saturated rings. The maximum atomic E-state index is 11.9. The molecule has 104 valence electrons. The summed E-state index contributed by atoms with van der Waals surface area (Å²) in [5.41, 5.74) is 2.91. The highest BCUT2D eigenvalue weighted by Gasteiger charge is 2.24. The van der Waals surface area contributed by atoms with Crippen molar-refractivity contribution in [2.75, 3.05) is 0 Å². The predicted octanol–water partition coefficient (Wildman–Crippen LogP) is 3.99. The topological polar surface area (TPSA) is 38.7 Å². The summed E-state index contributed by atoms with van der Waals surface area (Å²) in [5, 5.41) is 0.610. The van der Waals surface area contributed by atoms with Gasteiger partial charge in [0.25, 0.3) is 0 Å². The van der Waals surface area contributed by atoms with Crippen molar-refractivity contribution in [1.29, 1.82) is 0 Å². The third kappa shape index (κ3) is 2.88. The second kappa shape index (κ2) is 5.54. The summed E-state index contributed by atoms with van der Waals surface area (Å²) in [5.74, 6) is -0.111. The summed E-state index contributed by atoms with van der Waals surface area (Å²) in [7, 11) is 0. The molecule has 21 heavy (non-hydrogen) atoms. The first-order valence-corrected chi connectivity index (χ1v) is 6.85. The third-order valence-corrected chi connectivity index (χ3v) is 3.38. The standard InChI is InChI=1S/C17H12ClNO2/c1-11-5-2-3-8-14(11)16-19-15(17(20)21-16)10-12-6-4-7-13(18)9-12/h2-10H,1H3/b15-10+. The Labute approximate surface area is 127 Å². The average molecular weight is 298 g/mol. The first-order chi connectivity index (χ1) is 10.1. The number of esters is 1. The van der Waals surface area contributed by atoms with Crippen LogP contribution in [-0.4, -0.2) is 11.9 Å². The number of aryl methyl sites for hydroxylation is 1. The molecular weight excluding hydrogens is 286 g/mol. The Morgan fingerprint density at radius 1 is 1.14 bits per heavy atom. The molecule has 4 heteroatoms. The van der Waals surface area contributed by atoms with Gasteiger partial charge in [0, 0.05) is 10.6 Å². The number of rotatable bonds is 2. The van der Waals surface area contributed by atoms with Crippen LogP contribution in [0.25, 0.3) is 6.08 Å². The van der Waals surface area contributed by atoms with E-state index in [2.05, 4.69) is 4.99 Å². The molecule has 0 spiro atoms. The van der Waals surface area contributed by atoms with Gasteiger partial charge in [-0.15, -0.1) is 0 Å². The first kappa shape index (κ1) is 13.6. The van der Waals surface area contributed by atoms with E-state index in [-0.39, 0.29) is 5.70 Å². The van der Waals surface area contributed by atoms with E-state index in [1.165, 1.54) is 0 Å². The number of hydrogen-bond acceptors (Lipinski definition) is 3. The van der Waals surface area contributed by atoms with Crippen molar-refractivity contribution in [3.05, 3.63) is 75.9 Å². The Morgan fingerprint density at radius 3 is 2.71 bits per heavy atom. The fourth-order valence-electron chi connectivity index (χ4n) is 2.09. The van der Waals surface area contributed by atoms with Gasteiger partial charge in [-0.25, -0.2) is 9.79 Å². The van der Waals surface area contributed by atoms with Crippen LogP contribution in [0.4, 0.5) is 0 Å². The zero-order valence-electron chi connectivity index (χ0n) is 11.3. The number of aliphatic imine (C=N–C) groups is 1. The third-order valence-electron chi connectivity index (χ3n) is 3.15. The molecule has 1 heterocycles. The lowest BCUT2D eigenvalue weighted by Gasteiger charge is -2.02. The lowest BCUT2D eigenvalue weighted by molar-refractivity contribution is -0.129. The van der Waals surface area contributed by atoms with Crippen molar-refractivity contribution in [1.82, 2.24) is 0 Å². The Morgan fingerprint density at radius 2 is 1.95 bits per heavy atom. The van der Waals surface area contributed by atoms with E-state index in [1.807, 2.05) is 43.3 Å². The van der Waals surface area contributed by atoms with Crippen LogP contribution in [0.3, 0.4) is 0 Å². The van der Waals surface area contributed by atoms with Crippen LogP contribution in [0, 0.1) is 6.92 Å². The number of ether oxygens (including phenoxy) is 1. The molecule has 0 radical (unpaired) electrons. The number of cyclic esters (lactones) is 1. The van der Waals surface area contributed by atoms with Gasteiger partial charge in [0.05, 0.1) is 0 Å². The van der Waals surface area contributed by atoms with Crippen LogP contribution in [-0.2, 0) is 9.53 Å². The molecule has 0 aromatic heterocycles. The minimum Gasteiger partial charge on any atom is -0.402 e. The fraction of sp³-hybridized carbons (Fsp3) is 0.0588. The molecule has 3 nitrogen and oxygen atoms in total. The van der Waals surface area contributed by atoms with Crippen molar-refractivity contribution < 1.29 is 9.53 Å². The molecule has 0 aliphatic carbocycles. The minimum absolute atomic E-state index is 0.274. The smallest absolute Gasteiger partial charge is 0.363 e. The molecule has 1 aliphatic rings. The van der Waals surface area contributed by atoms with Gasteiger partial charge in [0.15, 0.2) is 5.70 Å². The predicted molar refractivity (Wildman–Crippen MR) is 83.2 cm³/mol. The fourth-order valence-corrected chi connectivity index (χ4v) is 2.29. The van der Waals surface area contributed by atoms with Crippen molar-refractivity contribution in [2.45, 2.75) is 6.92 Å².